The lowest BCUT2D eigenvalue weighted by atomic mass is 9.95. The molecule has 1 saturated carbocycles. The van der Waals surface area contributed by atoms with E-state index in [1.165, 1.54) is 12.1 Å². The first-order valence-electron chi connectivity index (χ1n) is 15.0. The molecule has 220 valence electrons. The number of carbonyl (C=O) groups excluding carboxylic acids is 2. The van der Waals surface area contributed by atoms with Crippen molar-refractivity contribution in [3.05, 3.63) is 77.6 Å². The molecule has 0 spiro atoms. The molecule has 6 nitrogen and oxygen atoms in total. The molecule has 0 radical (unpaired) electrons. The Morgan fingerprint density at radius 3 is 2.36 bits per heavy atom. The van der Waals surface area contributed by atoms with E-state index in [4.69, 9.17) is 4.42 Å². The average Bonchev–Trinajstić information content (AvgIpc) is 3.61. The molecule has 1 fully saturated rings. The van der Waals surface area contributed by atoms with Crippen molar-refractivity contribution in [3.63, 3.8) is 0 Å². The normalized spacial score (nSPS) is 14.3. The van der Waals surface area contributed by atoms with Gasteiger partial charge in [-0.25, -0.2) is 4.39 Å². The highest BCUT2D eigenvalue weighted by molar-refractivity contribution is 6.13. The Kier molecular flexibility index (Phi) is 8.78. The molecular weight excluding hydrogens is 531 g/mol. The van der Waals surface area contributed by atoms with E-state index in [9.17, 15) is 19.1 Å². The predicted molar refractivity (Wildman–Crippen MR) is 166 cm³/mol. The predicted octanol–water partition coefficient (Wildman–Crippen LogP) is 7.77. The van der Waals surface area contributed by atoms with Gasteiger partial charge >= 0.3 is 0 Å². The number of halogens is 1. The van der Waals surface area contributed by atoms with Gasteiger partial charge in [0.05, 0.1) is 11.2 Å². The summed E-state index contributed by atoms with van der Waals surface area (Å²) in [4.78, 5) is 28.6. The minimum atomic E-state index is -0.672. The number of anilines is 1. The number of nitrogens with zero attached hydrogens (tertiary/aromatic N) is 1. The van der Waals surface area contributed by atoms with Gasteiger partial charge in [-0.2, -0.15) is 0 Å². The minimum absolute atomic E-state index is 0.0633. The van der Waals surface area contributed by atoms with Gasteiger partial charge in [-0.3, -0.25) is 9.59 Å². The summed E-state index contributed by atoms with van der Waals surface area (Å²) in [5.74, 6) is -0.182. The van der Waals surface area contributed by atoms with Crippen LogP contribution in [0, 0.1) is 5.82 Å². The average molecular weight is 571 g/mol. The van der Waals surface area contributed by atoms with Crippen LogP contribution in [0.5, 0.6) is 0 Å². The van der Waals surface area contributed by atoms with E-state index in [0.29, 0.717) is 52.8 Å². The van der Waals surface area contributed by atoms with Crippen molar-refractivity contribution in [1.29, 1.82) is 0 Å². The molecule has 1 heterocycles. The van der Waals surface area contributed by atoms with Crippen LogP contribution in [0.25, 0.3) is 33.4 Å². The van der Waals surface area contributed by atoms with Gasteiger partial charge in [0.15, 0.2) is 5.78 Å². The number of rotatable bonds is 11. The molecule has 0 bridgehead atoms. The van der Waals surface area contributed by atoms with Gasteiger partial charge in [-0.05, 0) is 81.1 Å². The molecular formula is C35H39FN2O4. The summed E-state index contributed by atoms with van der Waals surface area (Å²) in [5, 5.41) is 14.3. The van der Waals surface area contributed by atoms with Gasteiger partial charge in [0, 0.05) is 59.9 Å². The molecule has 2 N–H and O–H groups in total. The summed E-state index contributed by atoms with van der Waals surface area (Å²) in [6.45, 7) is 7.90. The van der Waals surface area contributed by atoms with Gasteiger partial charge in [-0.1, -0.05) is 31.9 Å². The second kappa shape index (κ2) is 12.5. The first-order chi connectivity index (χ1) is 20.3. The summed E-state index contributed by atoms with van der Waals surface area (Å²) in [6.07, 6.45) is 4.47. The molecule has 1 aromatic heterocycles. The quantitative estimate of drug-likeness (QED) is 0.180. The number of carbonyl (C=O) groups is 2. The van der Waals surface area contributed by atoms with Crippen LogP contribution in [0.3, 0.4) is 0 Å². The molecule has 0 aliphatic heterocycles. The second-order valence-electron chi connectivity index (χ2n) is 11.1. The number of hydrogen-bond donors (Lipinski definition) is 2. The molecule has 1 aliphatic rings. The van der Waals surface area contributed by atoms with Gasteiger partial charge < -0.3 is 19.7 Å². The standard InChI is InChI=1S/C35H39FN2O4/c1-4-30(39)32-28-21-27(24-10-9-11-25(20-24)34(40)37-19-18-35(41)16-7-8-17-35)29(38(5-2)6-3)22-31(28)42-33(32)23-12-14-26(36)15-13-23/h9-15,20-22,41H,4-8,16-19H2,1-3H3,(H,37,40). The zero-order valence-electron chi connectivity index (χ0n) is 24.6. The Bertz CT molecular complexity index is 1580. The van der Waals surface area contributed by atoms with Crippen LogP contribution in [0.1, 0.15) is 80.0 Å². The number of aliphatic hydroxyl groups is 1. The maximum atomic E-state index is 13.7. The number of Topliss-reactive ketones (excluding diaryl/α,β-unsaturated/α-hetero) is 1. The summed E-state index contributed by atoms with van der Waals surface area (Å²) in [5.41, 5.74) is 4.22. The van der Waals surface area contributed by atoms with E-state index in [-0.39, 0.29) is 17.5 Å². The maximum absolute atomic E-state index is 13.7. The third-order valence-corrected chi connectivity index (χ3v) is 8.46. The van der Waals surface area contributed by atoms with Crippen molar-refractivity contribution in [2.24, 2.45) is 0 Å². The number of amides is 1. The van der Waals surface area contributed by atoms with Gasteiger partial charge in [0.1, 0.15) is 17.2 Å². The van der Waals surface area contributed by atoms with Crippen LogP contribution in [0.4, 0.5) is 10.1 Å². The Morgan fingerprint density at radius 2 is 1.69 bits per heavy atom. The van der Waals surface area contributed by atoms with Gasteiger partial charge in [0.25, 0.3) is 5.91 Å². The largest absolute Gasteiger partial charge is 0.455 e. The molecule has 0 atom stereocenters. The third-order valence-electron chi connectivity index (χ3n) is 8.46. The first-order valence-corrected chi connectivity index (χ1v) is 15.0. The van der Waals surface area contributed by atoms with Crippen molar-refractivity contribution in [1.82, 2.24) is 5.32 Å². The first kappa shape index (κ1) is 29.5. The molecule has 5 rings (SSSR count). The summed E-state index contributed by atoms with van der Waals surface area (Å²) in [7, 11) is 0. The fraction of sp³-hybridized carbons (Fsp3) is 0.371. The second-order valence-corrected chi connectivity index (χ2v) is 11.1. The van der Waals surface area contributed by atoms with Crippen molar-refractivity contribution >= 4 is 28.3 Å². The van der Waals surface area contributed by atoms with Crippen molar-refractivity contribution < 1.29 is 23.5 Å². The number of ketones is 1. The van der Waals surface area contributed by atoms with Gasteiger partial charge in [0.2, 0.25) is 0 Å². The number of hydrogen-bond acceptors (Lipinski definition) is 5. The number of nitrogens with one attached hydrogen (secondary N) is 1. The highest BCUT2D eigenvalue weighted by atomic mass is 19.1. The fourth-order valence-electron chi connectivity index (χ4n) is 6.07. The smallest absolute Gasteiger partial charge is 0.251 e. The van der Waals surface area contributed by atoms with E-state index >= 15 is 0 Å². The highest BCUT2D eigenvalue weighted by Gasteiger charge is 2.30. The summed E-state index contributed by atoms with van der Waals surface area (Å²) in [6, 6.07) is 17.4. The Hall–Kier alpha value is -3.97. The zero-order chi connectivity index (χ0) is 29.9. The monoisotopic (exact) mass is 570 g/mol. The van der Waals surface area contributed by atoms with E-state index in [1.807, 2.05) is 37.3 Å². The Labute approximate surface area is 246 Å². The van der Waals surface area contributed by atoms with E-state index < -0.39 is 5.60 Å². The van der Waals surface area contributed by atoms with Crippen molar-refractivity contribution in [2.45, 2.75) is 64.9 Å². The van der Waals surface area contributed by atoms with E-state index in [2.05, 4.69) is 24.1 Å². The van der Waals surface area contributed by atoms with Gasteiger partial charge in [-0.15, -0.1) is 0 Å². The molecule has 4 aromatic rings. The van der Waals surface area contributed by atoms with E-state index in [0.717, 1.165) is 55.6 Å². The summed E-state index contributed by atoms with van der Waals surface area (Å²) < 4.78 is 20.0. The zero-order valence-corrected chi connectivity index (χ0v) is 24.6. The molecule has 0 saturated heterocycles. The molecule has 1 aliphatic carbocycles. The van der Waals surface area contributed by atoms with Crippen LogP contribution in [-0.2, 0) is 0 Å². The number of furan rings is 1. The Balaban J connectivity index is 1.57. The lowest BCUT2D eigenvalue weighted by molar-refractivity contribution is 0.0389. The van der Waals surface area contributed by atoms with Crippen LogP contribution < -0.4 is 10.2 Å². The SMILES string of the molecule is CCC(=O)c1c(-c2ccc(F)cc2)oc2cc(N(CC)CC)c(-c3cccc(C(=O)NCCC4(O)CCCC4)c3)cc12. The molecule has 7 heteroatoms. The molecule has 1 amide bonds. The van der Waals surface area contributed by atoms with Crippen LogP contribution in [0.15, 0.2) is 65.1 Å². The highest BCUT2D eigenvalue weighted by Crippen LogP contribution is 2.41. The fourth-order valence-corrected chi connectivity index (χ4v) is 6.07. The van der Waals surface area contributed by atoms with Crippen LogP contribution in [-0.4, -0.2) is 42.0 Å². The number of benzene rings is 3. The maximum Gasteiger partial charge on any atom is 0.251 e. The minimum Gasteiger partial charge on any atom is -0.455 e. The summed E-state index contributed by atoms with van der Waals surface area (Å²) >= 11 is 0. The molecule has 3 aromatic carbocycles. The lowest BCUT2D eigenvalue weighted by Gasteiger charge is -2.24. The topological polar surface area (TPSA) is 82.8 Å². The number of fused-ring (bicyclic) bond motifs is 1. The van der Waals surface area contributed by atoms with Crippen molar-refractivity contribution in [3.8, 4) is 22.5 Å². The van der Waals surface area contributed by atoms with Crippen molar-refractivity contribution in [2.75, 3.05) is 24.5 Å². The lowest BCUT2D eigenvalue weighted by Crippen LogP contribution is -2.32. The molecule has 42 heavy (non-hydrogen) atoms. The molecule has 0 unspecified atom stereocenters. The third kappa shape index (κ3) is 5.97. The van der Waals surface area contributed by atoms with Crippen LogP contribution >= 0.6 is 0 Å². The van der Waals surface area contributed by atoms with E-state index in [1.54, 1.807) is 18.2 Å². The Morgan fingerprint density at radius 1 is 0.976 bits per heavy atom. The van der Waals surface area contributed by atoms with Crippen LogP contribution in [0.2, 0.25) is 0 Å².